The first kappa shape index (κ1) is 20.6. The molecule has 2 bridgehead atoms. The van der Waals surface area contributed by atoms with E-state index in [1.165, 1.54) is 0 Å². The molecule has 0 spiro atoms. The summed E-state index contributed by atoms with van der Waals surface area (Å²) < 4.78 is 5.08. The van der Waals surface area contributed by atoms with E-state index < -0.39 is 25.0 Å². The molecule has 7 nitrogen and oxygen atoms in total. The molecular formula is C23H28N2O5. The number of para-hydroxylation sites is 1. The number of imide groups is 1. The van der Waals surface area contributed by atoms with Gasteiger partial charge in [0.1, 0.15) is 6.54 Å². The Balaban J connectivity index is 1.32. The van der Waals surface area contributed by atoms with Crippen LogP contribution in [0.5, 0.6) is 0 Å². The lowest BCUT2D eigenvalue weighted by Crippen LogP contribution is -2.38. The molecule has 2 saturated carbocycles. The van der Waals surface area contributed by atoms with Crippen LogP contribution in [0, 0.1) is 23.7 Å². The second-order valence-electron chi connectivity index (χ2n) is 8.51. The van der Waals surface area contributed by atoms with Crippen LogP contribution in [0.3, 0.4) is 0 Å². The van der Waals surface area contributed by atoms with Crippen LogP contribution in [0.15, 0.2) is 18.2 Å². The maximum absolute atomic E-state index is 12.7. The van der Waals surface area contributed by atoms with E-state index in [1.807, 2.05) is 32.0 Å². The number of carbonyl (C=O) groups is 4. The summed E-state index contributed by atoms with van der Waals surface area (Å²) in [5.41, 5.74) is 2.80. The molecule has 4 atom stereocenters. The van der Waals surface area contributed by atoms with Crippen LogP contribution in [0.1, 0.15) is 44.2 Å². The van der Waals surface area contributed by atoms with Crippen molar-refractivity contribution in [3.05, 3.63) is 29.3 Å². The van der Waals surface area contributed by atoms with Crippen molar-refractivity contribution in [1.29, 1.82) is 0 Å². The first-order valence-electron chi connectivity index (χ1n) is 10.9. The molecule has 1 saturated heterocycles. The smallest absolute Gasteiger partial charge is 0.326 e. The lowest BCUT2D eigenvalue weighted by Gasteiger charge is -2.19. The highest BCUT2D eigenvalue weighted by Gasteiger charge is 2.61. The standard InChI is InChI=1S/C23H28N2O5/c1-3-13-6-5-7-14(4-2)21(13)24-17(26)12-30-18(27)11-25-22(28)19-15-8-9-16(10-15)20(19)23(25)29/h5-7,15-16,19-20H,3-4,8-12H2,1-2H3,(H,24,26)/t15-,16-,19+,20+/m0/s1. The third kappa shape index (κ3) is 3.50. The van der Waals surface area contributed by atoms with Crippen molar-refractivity contribution in [3.63, 3.8) is 0 Å². The van der Waals surface area contributed by atoms with E-state index in [9.17, 15) is 19.2 Å². The number of rotatable bonds is 7. The SMILES string of the molecule is CCc1cccc(CC)c1NC(=O)COC(=O)CN1C(=O)[C@@H]2[C@H]3CC[C@@H](C3)[C@H]2C1=O. The number of fused-ring (bicyclic) bond motifs is 5. The lowest BCUT2D eigenvalue weighted by atomic mass is 9.81. The largest absolute Gasteiger partial charge is 0.454 e. The molecule has 1 aromatic carbocycles. The van der Waals surface area contributed by atoms with Crippen molar-refractivity contribution < 1.29 is 23.9 Å². The molecule has 1 aliphatic heterocycles. The predicted molar refractivity (Wildman–Crippen MR) is 109 cm³/mol. The van der Waals surface area contributed by atoms with Gasteiger partial charge in [-0.05, 0) is 55.1 Å². The number of esters is 1. The number of benzene rings is 1. The zero-order valence-electron chi connectivity index (χ0n) is 17.5. The number of carbonyl (C=O) groups excluding carboxylic acids is 4. The molecule has 4 rings (SSSR count). The second-order valence-corrected chi connectivity index (χ2v) is 8.51. The van der Waals surface area contributed by atoms with Gasteiger partial charge in [-0.3, -0.25) is 24.1 Å². The van der Waals surface area contributed by atoms with E-state index in [0.717, 1.165) is 53.8 Å². The van der Waals surface area contributed by atoms with Crippen molar-refractivity contribution in [2.75, 3.05) is 18.5 Å². The van der Waals surface area contributed by atoms with Crippen molar-refractivity contribution in [3.8, 4) is 0 Å². The van der Waals surface area contributed by atoms with Gasteiger partial charge >= 0.3 is 5.97 Å². The van der Waals surface area contributed by atoms with Crippen LogP contribution >= 0.6 is 0 Å². The van der Waals surface area contributed by atoms with Crippen LogP contribution < -0.4 is 5.32 Å². The van der Waals surface area contributed by atoms with Gasteiger partial charge in [0.2, 0.25) is 11.8 Å². The molecular weight excluding hydrogens is 384 g/mol. The van der Waals surface area contributed by atoms with E-state index in [1.54, 1.807) is 0 Å². The monoisotopic (exact) mass is 412 g/mol. The molecule has 1 aromatic rings. The summed E-state index contributed by atoms with van der Waals surface area (Å²) >= 11 is 0. The molecule has 30 heavy (non-hydrogen) atoms. The van der Waals surface area contributed by atoms with Gasteiger partial charge in [-0.1, -0.05) is 32.0 Å². The summed E-state index contributed by atoms with van der Waals surface area (Å²) in [6.07, 6.45) is 4.47. The Morgan fingerprint density at radius 2 is 1.60 bits per heavy atom. The molecule has 160 valence electrons. The summed E-state index contributed by atoms with van der Waals surface area (Å²) in [6.45, 7) is 3.16. The van der Waals surface area contributed by atoms with Crippen LogP contribution in [-0.2, 0) is 36.8 Å². The number of aryl methyl sites for hydroxylation is 2. The number of amides is 3. The average molecular weight is 412 g/mol. The average Bonchev–Trinajstić information content (AvgIpc) is 3.42. The Hall–Kier alpha value is -2.70. The first-order chi connectivity index (χ1) is 14.4. The summed E-state index contributed by atoms with van der Waals surface area (Å²) in [4.78, 5) is 50.9. The number of hydrogen-bond donors (Lipinski definition) is 1. The Kier molecular flexibility index (Phi) is 5.62. The van der Waals surface area contributed by atoms with Crippen LogP contribution in [0.4, 0.5) is 5.69 Å². The first-order valence-corrected chi connectivity index (χ1v) is 10.9. The number of anilines is 1. The molecule has 7 heteroatoms. The highest BCUT2D eigenvalue weighted by molar-refractivity contribution is 6.08. The third-order valence-electron chi connectivity index (χ3n) is 6.93. The van der Waals surface area contributed by atoms with E-state index >= 15 is 0 Å². The molecule has 0 aromatic heterocycles. The van der Waals surface area contributed by atoms with Crippen LogP contribution in [0.2, 0.25) is 0 Å². The zero-order chi connectivity index (χ0) is 21.4. The fraction of sp³-hybridized carbons (Fsp3) is 0.565. The Morgan fingerprint density at radius 3 is 2.13 bits per heavy atom. The predicted octanol–water partition coefficient (Wildman–Crippen LogP) is 2.32. The van der Waals surface area contributed by atoms with Crippen molar-refractivity contribution in [1.82, 2.24) is 4.90 Å². The lowest BCUT2D eigenvalue weighted by molar-refractivity contribution is -0.154. The number of nitrogens with zero attached hydrogens (tertiary/aromatic N) is 1. The maximum Gasteiger partial charge on any atom is 0.326 e. The molecule has 0 unspecified atom stereocenters. The third-order valence-corrected chi connectivity index (χ3v) is 6.93. The molecule has 2 aliphatic carbocycles. The van der Waals surface area contributed by atoms with Crippen LogP contribution in [0.25, 0.3) is 0 Å². The Morgan fingerprint density at radius 1 is 1.03 bits per heavy atom. The molecule has 1 N–H and O–H groups in total. The highest BCUT2D eigenvalue weighted by atomic mass is 16.5. The fourth-order valence-electron chi connectivity index (χ4n) is 5.53. The van der Waals surface area contributed by atoms with Gasteiger partial charge in [0, 0.05) is 5.69 Å². The van der Waals surface area contributed by atoms with Gasteiger partial charge in [-0.15, -0.1) is 0 Å². The molecule has 3 aliphatic rings. The van der Waals surface area contributed by atoms with E-state index in [0.29, 0.717) is 0 Å². The van der Waals surface area contributed by atoms with Gasteiger partial charge < -0.3 is 10.1 Å². The van der Waals surface area contributed by atoms with Gasteiger partial charge in [-0.2, -0.15) is 0 Å². The number of ether oxygens (including phenoxy) is 1. The zero-order valence-corrected chi connectivity index (χ0v) is 17.5. The summed E-state index contributed by atoms with van der Waals surface area (Å²) in [6, 6.07) is 5.86. The molecule has 3 amide bonds. The summed E-state index contributed by atoms with van der Waals surface area (Å²) in [5.74, 6) is -1.64. The highest BCUT2D eigenvalue weighted by Crippen LogP contribution is 2.56. The van der Waals surface area contributed by atoms with Gasteiger partial charge in [-0.25, -0.2) is 0 Å². The summed E-state index contributed by atoms with van der Waals surface area (Å²) in [5, 5.41) is 2.84. The van der Waals surface area contributed by atoms with E-state index in [2.05, 4.69) is 5.32 Å². The second kappa shape index (κ2) is 8.20. The number of hydrogen-bond acceptors (Lipinski definition) is 5. The Labute approximate surface area is 176 Å². The molecule has 0 radical (unpaired) electrons. The minimum absolute atomic E-state index is 0.247. The van der Waals surface area contributed by atoms with Crippen molar-refractivity contribution >= 4 is 29.4 Å². The maximum atomic E-state index is 12.7. The van der Waals surface area contributed by atoms with Crippen LogP contribution in [-0.4, -0.2) is 41.7 Å². The normalized spacial score (nSPS) is 26.8. The topological polar surface area (TPSA) is 92.8 Å². The van der Waals surface area contributed by atoms with Gasteiger partial charge in [0.25, 0.3) is 5.91 Å². The minimum atomic E-state index is -0.737. The molecule has 3 fully saturated rings. The number of likely N-dealkylation sites (tertiary alicyclic amines) is 1. The quantitative estimate of drug-likeness (QED) is 0.548. The van der Waals surface area contributed by atoms with Gasteiger partial charge in [0.05, 0.1) is 11.8 Å². The molecule has 1 heterocycles. The Bertz CT molecular complexity index is 845. The number of nitrogens with one attached hydrogen (secondary N) is 1. The fourth-order valence-corrected chi connectivity index (χ4v) is 5.53. The summed E-state index contributed by atoms with van der Waals surface area (Å²) in [7, 11) is 0. The van der Waals surface area contributed by atoms with E-state index in [4.69, 9.17) is 4.74 Å². The van der Waals surface area contributed by atoms with Crippen molar-refractivity contribution in [2.24, 2.45) is 23.7 Å². The van der Waals surface area contributed by atoms with E-state index in [-0.39, 0.29) is 35.5 Å². The van der Waals surface area contributed by atoms with Gasteiger partial charge in [0.15, 0.2) is 6.61 Å². The van der Waals surface area contributed by atoms with Crippen molar-refractivity contribution in [2.45, 2.75) is 46.0 Å². The minimum Gasteiger partial charge on any atom is -0.454 e.